The van der Waals surface area contributed by atoms with Crippen LogP contribution in [0.4, 0.5) is 0 Å². The highest BCUT2D eigenvalue weighted by molar-refractivity contribution is 7.13. The maximum atomic E-state index is 10.7. The number of nitrogens with zero attached hydrogens (tertiary/aromatic N) is 1. The first kappa shape index (κ1) is 13.1. The number of rotatable bonds is 7. The Morgan fingerprint density at radius 1 is 1.25 bits per heavy atom. The molecule has 5 nitrogen and oxygen atoms in total. The molecule has 3 N–H and O–H groups in total. The molecule has 0 aromatic carbocycles. The highest BCUT2D eigenvalue weighted by Gasteiger charge is 2.10. The molecule has 0 aliphatic carbocycles. The zero-order valence-electron chi connectivity index (χ0n) is 8.80. The second-order valence-corrected chi connectivity index (χ2v) is 4.46. The molecule has 0 radical (unpaired) electrons. The molecule has 0 saturated carbocycles. The predicted molar refractivity (Wildman–Crippen MR) is 60.7 cm³/mol. The molecule has 0 saturated heterocycles. The molecule has 90 valence electrons. The van der Waals surface area contributed by atoms with Crippen molar-refractivity contribution in [1.29, 1.82) is 0 Å². The van der Waals surface area contributed by atoms with Gasteiger partial charge in [0.15, 0.2) is 0 Å². The highest BCUT2D eigenvalue weighted by Crippen LogP contribution is 2.18. The average molecular weight is 245 g/mol. The van der Waals surface area contributed by atoms with Crippen molar-refractivity contribution in [1.82, 2.24) is 4.90 Å². The van der Waals surface area contributed by atoms with Gasteiger partial charge in [0.2, 0.25) is 0 Å². The second-order valence-electron chi connectivity index (χ2n) is 3.29. The molecule has 1 aromatic heterocycles. The third kappa shape index (κ3) is 3.90. The zero-order chi connectivity index (χ0) is 12.0. The number of hydrogen-bond acceptors (Lipinski definition) is 5. The standard InChI is InChI=1S/C10H15NO4S/c12-5-3-11(4-6-13)7-8-1-2-9(16-8)10(14)15/h1-2,12-13H,3-7H2,(H,14,15). The first-order valence-corrected chi connectivity index (χ1v) is 5.75. The summed E-state index contributed by atoms with van der Waals surface area (Å²) in [5.74, 6) is -0.924. The maximum absolute atomic E-state index is 10.7. The van der Waals surface area contributed by atoms with Crippen LogP contribution in [0, 0.1) is 0 Å². The van der Waals surface area contributed by atoms with E-state index in [0.29, 0.717) is 24.5 Å². The Bertz CT molecular complexity index is 333. The van der Waals surface area contributed by atoms with E-state index in [4.69, 9.17) is 15.3 Å². The number of carbonyl (C=O) groups is 1. The Balaban J connectivity index is 2.58. The summed E-state index contributed by atoms with van der Waals surface area (Å²) in [5, 5.41) is 26.4. The van der Waals surface area contributed by atoms with Gasteiger partial charge in [-0.3, -0.25) is 4.90 Å². The third-order valence-electron chi connectivity index (χ3n) is 2.08. The van der Waals surface area contributed by atoms with Crippen molar-refractivity contribution in [3.05, 3.63) is 21.9 Å². The molecule has 0 unspecified atom stereocenters. The lowest BCUT2D eigenvalue weighted by atomic mass is 10.4. The number of carboxylic acid groups (broad SMARTS) is 1. The summed E-state index contributed by atoms with van der Waals surface area (Å²) < 4.78 is 0. The average Bonchev–Trinajstić information content (AvgIpc) is 2.67. The molecule has 0 amide bonds. The minimum atomic E-state index is -0.924. The van der Waals surface area contributed by atoms with Gasteiger partial charge in [-0.1, -0.05) is 0 Å². The Morgan fingerprint density at radius 3 is 2.31 bits per heavy atom. The first-order valence-electron chi connectivity index (χ1n) is 4.93. The normalized spacial score (nSPS) is 10.9. The highest BCUT2D eigenvalue weighted by atomic mass is 32.1. The van der Waals surface area contributed by atoms with Gasteiger partial charge in [-0.2, -0.15) is 0 Å². The van der Waals surface area contributed by atoms with Crippen molar-refractivity contribution in [3.63, 3.8) is 0 Å². The van der Waals surface area contributed by atoms with Crippen molar-refractivity contribution in [3.8, 4) is 0 Å². The topological polar surface area (TPSA) is 81.0 Å². The number of aromatic carboxylic acids is 1. The van der Waals surface area contributed by atoms with E-state index in [1.165, 1.54) is 11.3 Å². The monoisotopic (exact) mass is 245 g/mol. The lowest BCUT2D eigenvalue weighted by molar-refractivity contribution is 0.0702. The predicted octanol–water partition coefficient (Wildman–Crippen LogP) is 0.233. The summed E-state index contributed by atoms with van der Waals surface area (Å²) >= 11 is 1.22. The van der Waals surface area contributed by atoms with Crippen LogP contribution in [-0.4, -0.2) is 52.5 Å². The van der Waals surface area contributed by atoms with E-state index in [9.17, 15) is 4.79 Å². The van der Waals surface area contributed by atoms with Gasteiger partial charge in [0.05, 0.1) is 13.2 Å². The van der Waals surface area contributed by atoms with Crippen LogP contribution in [-0.2, 0) is 6.54 Å². The number of carboxylic acids is 1. The SMILES string of the molecule is O=C(O)c1ccc(CN(CCO)CCO)s1. The van der Waals surface area contributed by atoms with Crippen LogP contribution in [0.2, 0.25) is 0 Å². The molecule has 6 heteroatoms. The van der Waals surface area contributed by atoms with Gasteiger partial charge < -0.3 is 15.3 Å². The van der Waals surface area contributed by atoms with Crippen LogP contribution in [0.15, 0.2) is 12.1 Å². The van der Waals surface area contributed by atoms with E-state index in [-0.39, 0.29) is 13.2 Å². The van der Waals surface area contributed by atoms with Gasteiger partial charge in [0.1, 0.15) is 4.88 Å². The Morgan fingerprint density at radius 2 is 1.88 bits per heavy atom. The molecule has 0 spiro atoms. The summed E-state index contributed by atoms with van der Waals surface area (Å²) in [6.45, 7) is 1.55. The third-order valence-corrected chi connectivity index (χ3v) is 3.14. The van der Waals surface area contributed by atoms with Crippen molar-refractivity contribution in [2.75, 3.05) is 26.3 Å². The summed E-state index contributed by atoms with van der Waals surface area (Å²) in [5.41, 5.74) is 0. The Labute approximate surface area is 97.6 Å². The van der Waals surface area contributed by atoms with Crippen molar-refractivity contribution in [2.45, 2.75) is 6.54 Å². The molecule has 1 heterocycles. The molecule has 0 aliphatic rings. The van der Waals surface area contributed by atoms with E-state index in [1.807, 2.05) is 4.90 Å². The second kappa shape index (κ2) is 6.59. The van der Waals surface area contributed by atoms with Crippen LogP contribution >= 0.6 is 11.3 Å². The minimum Gasteiger partial charge on any atom is -0.477 e. The fourth-order valence-electron chi connectivity index (χ4n) is 1.35. The van der Waals surface area contributed by atoms with Crippen LogP contribution < -0.4 is 0 Å². The molecule has 0 aliphatic heterocycles. The lowest BCUT2D eigenvalue weighted by Gasteiger charge is -2.18. The molecule has 0 fully saturated rings. The van der Waals surface area contributed by atoms with Crippen molar-refractivity contribution < 1.29 is 20.1 Å². The fraction of sp³-hybridized carbons (Fsp3) is 0.500. The number of aliphatic hydroxyl groups excluding tert-OH is 2. The molecular weight excluding hydrogens is 230 g/mol. The number of aliphatic hydroxyl groups is 2. The first-order chi connectivity index (χ1) is 7.67. The van der Waals surface area contributed by atoms with E-state index < -0.39 is 5.97 Å². The van der Waals surface area contributed by atoms with Gasteiger partial charge in [-0.25, -0.2) is 4.79 Å². The largest absolute Gasteiger partial charge is 0.477 e. The van der Waals surface area contributed by atoms with Gasteiger partial charge in [0.25, 0.3) is 0 Å². The van der Waals surface area contributed by atoms with Crippen molar-refractivity contribution >= 4 is 17.3 Å². The van der Waals surface area contributed by atoms with Gasteiger partial charge in [-0.15, -0.1) is 11.3 Å². The van der Waals surface area contributed by atoms with Crippen molar-refractivity contribution in [2.24, 2.45) is 0 Å². The van der Waals surface area contributed by atoms with E-state index in [0.717, 1.165) is 4.88 Å². The van der Waals surface area contributed by atoms with Crippen LogP contribution in [0.25, 0.3) is 0 Å². The van der Waals surface area contributed by atoms with Gasteiger partial charge in [0, 0.05) is 24.5 Å². The summed E-state index contributed by atoms with van der Waals surface area (Å²) in [6, 6.07) is 3.33. The molecule has 16 heavy (non-hydrogen) atoms. The molecule has 1 aromatic rings. The Kier molecular flexibility index (Phi) is 5.41. The summed E-state index contributed by atoms with van der Waals surface area (Å²) in [7, 11) is 0. The molecule has 1 rings (SSSR count). The maximum Gasteiger partial charge on any atom is 0.345 e. The molecular formula is C10H15NO4S. The van der Waals surface area contributed by atoms with E-state index in [1.54, 1.807) is 12.1 Å². The van der Waals surface area contributed by atoms with Gasteiger partial charge in [-0.05, 0) is 12.1 Å². The van der Waals surface area contributed by atoms with Crippen LogP contribution in [0.1, 0.15) is 14.5 Å². The fourth-order valence-corrected chi connectivity index (χ4v) is 2.24. The summed E-state index contributed by atoms with van der Waals surface area (Å²) in [6.07, 6.45) is 0. The minimum absolute atomic E-state index is 0.0250. The molecule has 0 atom stereocenters. The van der Waals surface area contributed by atoms with Gasteiger partial charge >= 0.3 is 5.97 Å². The number of thiophene rings is 1. The van der Waals surface area contributed by atoms with E-state index in [2.05, 4.69) is 0 Å². The molecule has 0 bridgehead atoms. The quantitative estimate of drug-likeness (QED) is 0.641. The zero-order valence-corrected chi connectivity index (χ0v) is 9.61. The summed E-state index contributed by atoms with van der Waals surface area (Å²) in [4.78, 5) is 13.8. The van der Waals surface area contributed by atoms with Crippen LogP contribution in [0.5, 0.6) is 0 Å². The van der Waals surface area contributed by atoms with E-state index >= 15 is 0 Å². The number of hydrogen-bond donors (Lipinski definition) is 3. The smallest absolute Gasteiger partial charge is 0.345 e. The Hall–Kier alpha value is -0.950. The lowest BCUT2D eigenvalue weighted by Crippen LogP contribution is -2.28. The van der Waals surface area contributed by atoms with Crippen LogP contribution in [0.3, 0.4) is 0 Å².